The van der Waals surface area contributed by atoms with Crippen molar-refractivity contribution in [1.29, 1.82) is 5.26 Å². The van der Waals surface area contributed by atoms with Gasteiger partial charge in [-0.1, -0.05) is 41.9 Å². The normalized spacial score (nSPS) is 10.7. The van der Waals surface area contributed by atoms with E-state index >= 15 is 0 Å². The van der Waals surface area contributed by atoms with Crippen LogP contribution in [0.5, 0.6) is 5.75 Å². The maximum atomic E-state index is 11.5. The molecule has 1 N–H and O–H groups in total. The first-order valence-corrected chi connectivity index (χ1v) is 8.59. The Morgan fingerprint density at radius 1 is 1.15 bits per heavy atom. The number of hydrogen-bond acceptors (Lipinski definition) is 4. The van der Waals surface area contributed by atoms with E-state index in [0.29, 0.717) is 22.9 Å². The summed E-state index contributed by atoms with van der Waals surface area (Å²) in [6.45, 7) is 2.16. The summed E-state index contributed by atoms with van der Waals surface area (Å²) < 4.78 is 5.76. The van der Waals surface area contributed by atoms with Gasteiger partial charge in [-0.15, -0.1) is 0 Å². The van der Waals surface area contributed by atoms with Crippen molar-refractivity contribution in [3.63, 3.8) is 0 Å². The average molecular weight is 378 g/mol. The summed E-state index contributed by atoms with van der Waals surface area (Å²) in [5.41, 5.74) is 2.69. The summed E-state index contributed by atoms with van der Waals surface area (Å²) in [5, 5.41) is 16.1. The molecule has 0 radical (unpaired) electrons. The van der Waals surface area contributed by atoms with Gasteiger partial charge in [0, 0.05) is 5.02 Å². The molecule has 3 aromatic rings. The lowest BCUT2D eigenvalue weighted by atomic mass is 10.1. The van der Waals surface area contributed by atoms with Crippen LogP contribution < -0.4 is 10.3 Å². The predicted molar refractivity (Wildman–Crippen MR) is 105 cm³/mol. The van der Waals surface area contributed by atoms with Crippen molar-refractivity contribution >= 4 is 23.8 Å². The zero-order valence-corrected chi connectivity index (χ0v) is 15.3. The van der Waals surface area contributed by atoms with Gasteiger partial charge in [-0.3, -0.25) is 4.79 Å². The lowest BCUT2D eigenvalue weighted by Gasteiger charge is -2.06. The minimum atomic E-state index is -0.477. The molecular formula is C21H16ClN3O2. The first-order valence-electron chi connectivity index (χ1n) is 8.21. The van der Waals surface area contributed by atoms with E-state index in [4.69, 9.17) is 21.6 Å². The van der Waals surface area contributed by atoms with Gasteiger partial charge in [-0.05, 0) is 54.0 Å². The Morgan fingerprint density at radius 2 is 1.85 bits per heavy atom. The van der Waals surface area contributed by atoms with Gasteiger partial charge in [0.2, 0.25) is 0 Å². The molecule has 3 rings (SSSR count). The smallest absolute Gasteiger partial charge is 0.282 e. The average Bonchev–Trinajstić information content (AvgIpc) is 2.68. The van der Waals surface area contributed by atoms with E-state index in [0.717, 1.165) is 16.9 Å². The predicted octanol–water partition coefficient (Wildman–Crippen LogP) is 4.35. The number of aromatic amines is 1. The number of H-pyrrole nitrogens is 1. The first kappa shape index (κ1) is 18.4. The zero-order chi connectivity index (χ0) is 19.2. The van der Waals surface area contributed by atoms with E-state index in [-0.39, 0.29) is 5.56 Å². The third kappa shape index (κ3) is 4.63. The van der Waals surface area contributed by atoms with Crippen molar-refractivity contribution in [2.24, 2.45) is 0 Å². The molecule has 0 spiro atoms. The van der Waals surface area contributed by atoms with Crippen LogP contribution in [0.1, 0.15) is 27.9 Å². The Balaban J connectivity index is 1.67. The van der Waals surface area contributed by atoms with Crippen LogP contribution in [0, 0.1) is 18.3 Å². The molecule has 0 aliphatic carbocycles. The molecule has 5 nitrogen and oxygen atoms in total. The molecule has 0 aliphatic rings. The van der Waals surface area contributed by atoms with Gasteiger partial charge in [0.15, 0.2) is 0 Å². The molecule has 0 saturated carbocycles. The summed E-state index contributed by atoms with van der Waals surface area (Å²) in [6, 6.07) is 17.0. The molecule has 1 aromatic heterocycles. The molecule has 0 fully saturated rings. The monoisotopic (exact) mass is 377 g/mol. The SMILES string of the molecule is Cc1c(/C=C/c2ccc(OCc3ccc(Cl)cc3)cc2)n[nH]c(=O)c1C#N. The van der Waals surface area contributed by atoms with Gasteiger partial charge in [0.05, 0.1) is 5.69 Å². The topological polar surface area (TPSA) is 78.8 Å². The van der Waals surface area contributed by atoms with Crippen molar-refractivity contribution in [1.82, 2.24) is 10.2 Å². The second kappa shape index (κ2) is 8.35. The number of aromatic nitrogens is 2. The van der Waals surface area contributed by atoms with Crippen LogP contribution in [0.4, 0.5) is 0 Å². The van der Waals surface area contributed by atoms with Crippen LogP contribution >= 0.6 is 11.6 Å². The van der Waals surface area contributed by atoms with E-state index in [1.54, 1.807) is 13.0 Å². The van der Waals surface area contributed by atoms with Gasteiger partial charge in [-0.2, -0.15) is 10.4 Å². The molecule has 1 heterocycles. The number of ether oxygens (including phenoxy) is 1. The zero-order valence-electron chi connectivity index (χ0n) is 14.6. The molecule has 0 unspecified atom stereocenters. The quantitative estimate of drug-likeness (QED) is 0.716. The Labute approximate surface area is 161 Å². The molecule has 0 amide bonds. The van der Waals surface area contributed by atoms with Gasteiger partial charge in [0.1, 0.15) is 24.0 Å². The Hall–Kier alpha value is -3.36. The van der Waals surface area contributed by atoms with Crippen molar-refractivity contribution < 1.29 is 4.74 Å². The highest BCUT2D eigenvalue weighted by atomic mass is 35.5. The minimum Gasteiger partial charge on any atom is -0.489 e. The highest BCUT2D eigenvalue weighted by Crippen LogP contribution is 2.17. The van der Waals surface area contributed by atoms with E-state index in [1.807, 2.05) is 60.7 Å². The fourth-order valence-corrected chi connectivity index (χ4v) is 2.57. The molecule has 2 aromatic carbocycles. The largest absolute Gasteiger partial charge is 0.489 e. The lowest BCUT2D eigenvalue weighted by molar-refractivity contribution is 0.306. The maximum Gasteiger partial charge on any atom is 0.282 e. The number of hydrogen-bond donors (Lipinski definition) is 1. The summed E-state index contributed by atoms with van der Waals surface area (Å²) in [6.07, 6.45) is 3.62. The second-order valence-corrected chi connectivity index (χ2v) is 6.30. The van der Waals surface area contributed by atoms with Gasteiger partial charge < -0.3 is 4.74 Å². The summed E-state index contributed by atoms with van der Waals surface area (Å²) in [5.74, 6) is 0.757. The number of nitrogens with zero attached hydrogens (tertiary/aromatic N) is 2. The summed E-state index contributed by atoms with van der Waals surface area (Å²) in [4.78, 5) is 11.5. The Kier molecular flexibility index (Phi) is 5.70. The van der Waals surface area contributed by atoms with Crippen LogP contribution in [0.2, 0.25) is 5.02 Å². The molecule has 134 valence electrons. The highest BCUT2D eigenvalue weighted by molar-refractivity contribution is 6.30. The number of rotatable bonds is 5. The molecular weight excluding hydrogens is 362 g/mol. The van der Waals surface area contributed by atoms with E-state index in [1.165, 1.54) is 0 Å². The minimum absolute atomic E-state index is 0.0793. The number of nitriles is 1. The van der Waals surface area contributed by atoms with E-state index < -0.39 is 5.56 Å². The standard InChI is InChI=1S/C21H16ClN3O2/c1-14-19(12-23)21(26)25-24-20(14)11-6-15-4-9-18(10-5-15)27-13-16-2-7-17(22)8-3-16/h2-11H,13H2,1H3,(H,25,26)/b11-6+. The Morgan fingerprint density at radius 3 is 2.52 bits per heavy atom. The Bertz CT molecular complexity index is 1060. The molecule has 0 saturated heterocycles. The fourth-order valence-electron chi connectivity index (χ4n) is 2.44. The van der Waals surface area contributed by atoms with E-state index in [9.17, 15) is 4.79 Å². The molecule has 0 atom stereocenters. The van der Waals surface area contributed by atoms with Crippen LogP contribution in [0.3, 0.4) is 0 Å². The van der Waals surface area contributed by atoms with Crippen molar-refractivity contribution in [2.45, 2.75) is 13.5 Å². The molecule has 0 bridgehead atoms. The van der Waals surface area contributed by atoms with Crippen LogP contribution in [0.15, 0.2) is 53.3 Å². The van der Waals surface area contributed by atoms with Gasteiger partial charge in [0.25, 0.3) is 5.56 Å². The molecule has 27 heavy (non-hydrogen) atoms. The van der Waals surface area contributed by atoms with Crippen LogP contribution in [-0.2, 0) is 6.61 Å². The molecule has 0 aliphatic heterocycles. The van der Waals surface area contributed by atoms with Gasteiger partial charge in [-0.25, -0.2) is 5.10 Å². The maximum absolute atomic E-state index is 11.5. The van der Waals surface area contributed by atoms with Crippen molar-refractivity contribution in [2.75, 3.05) is 0 Å². The number of benzene rings is 2. The lowest BCUT2D eigenvalue weighted by Crippen LogP contribution is -2.15. The van der Waals surface area contributed by atoms with Crippen LogP contribution in [0.25, 0.3) is 12.2 Å². The third-order valence-corrected chi connectivity index (χ3v) is 4.26. The summed E-state index contributed by atoms with van der Waals surface area (Å²) >= 11 is 5.87. The van der Waals surface area contributed by atoms with Crippen LogP contribution in [-0.4, -0.2) is 10.2 Å². The van der Waals surface area contributed by atoms with E-state index in [2.05, 4.69) is 10.2 Å². The number of halogens is 1. The molecule has 6 heteroatoms. The van der Waals surface area contributed by atoms with Crippen molar-refractivity contribution in [3.8, 4) is 11.8 Å². The van der Waals surface area contributed by atoms with Gasteiger partial charge >= 0.3 is 0 Å². The summed E-state index contributed by atoms with van der Waals surface area (Å²) in [7, 11) is 0. The van der Waals surface area contributed by atoms with Crippen molar-refractivity contribution in [3.05, 3.63) is 91.9 Å². The second-order valence-electron chi connectivity index (χ2n) is 5.87. The first-order chi connectivity index (χ1) is 13.1. The highest BCUT2D eigenvalue weighted by Gasteiger charge is 2.07. The third-order valence-electron chi connectivity index (χ3n) is 4.01. The fraction of sp³-hybridized carbons (Fsp3) is 0.0952. The number of nitrogens with one attached hydrogen (secondary N) is 1.